The zero-order valence-corrected chi connectivity index (χ0v) is 53.1. The van der Waals surface area contributed by atoms with Gasteiger partial charge in [-0.15, -0.1) is 11.3 Å². The lowest BCUT2D eigenvalue weighted by Crippen LogP contribution is -2.63. The fourth-order valence-electron chi connectivity index (χ4n) is 12.7. The smallest absolute Gasteiger partial charge is 0.326 e. The molecule has 0 bridgehead atoms. The maximum absolute atomic E-state index is 15.3. The summed E-state index contributed by atoms with van der Waals surface area (Å²) in [6, 6.07) is -0.853. The van der Waals surface area contributed by atoms with Crippen LogP contribution in [0.5, 0.6) is 0 Å². The molecule has 21 N–H and O–H groups in total. The highest BCUT2D eigenvalue weighted by Gasteiger charge is 2.52. The minimum atomic E-state index is -1.66. The summed E-state index contributed by atoms with van der Waals surface area (Å²) in [5.41, 5.74) is 35.0. The van der Waals surface area contributed by atoms with Crippen molar-refractivity contribution in [3.8, 4) is 0 Å². The number of amides is 9. The van der Waals surface area contributed by atoms with Crippen molar-refractivity contribution in [2.45, 2.75) is 183 Å². The number of fused-ring (bicyclic) bond motifs is 2. The predicted molar refractivity (Wildman–Crippen MR) is 339 cm³/mol. The van der Waals surface area contributed by atoms with E-state index in [1.807, 2.05) is 6.07 Å². The number of nitrogens with zero attached hydrogens (tertiary/aromatic N) is 6. The van der Waals surface area contributed by atoms with Crippen LogP contribution in [0.15, 0.2) is 51.8 Å². The van der Waals surface area contributed by atoms with Crippen molar-refractivity contribution in [3.63, 3.8) is 0 Å². The zero-order chi connectivity index (χ0) is 68.1. The first-order chi connectivity index (χ1) is 44.3. The molecule has 1 aromatic heterocycles. The molecule has 4 aliphatic heterocycles. The van der Waals surface area contributed by atoms with E-state index in [4.69, 9.17) is 44.3 Å². The molecule has 1 saturated carbocycles. The Hall–Kier alpha value is -8.53. The first kappa shape index (κ1) is 73.5. The highest BCUT2D eigenvalue weighted by atomic mass is 32.1. The molecule has 4 fully saturated rings. The number of aliphatic imine (C=N–C) groups is 2. The third kappa shape index (κ3) is 20.7. The number of nitrogens with two attached hydrogens (primary N) is 6. The molecule has 93 heavy (non-hydrogen) atoms. The van der Waals surface area contributed by atoms with Gasteiger partial charge in [-0.25, -0.2) is 4.79 Å². The van der Waals surface area contributed by atoms with Crippen LogP contribution in [-0.4, -0.2) is 229 Å². The summed E-state index contributed by atoms with van der Waals surface area (Å²) in [5, 5.41) is 54.1. The molecule has 7 rings (SSSR count). The maximum Gasteiger partial charge on any atom is 0.326 e. The monoisotopic (exact) mass is 1320 g/mol. The van der Waals surface area contributed by atoms with E-state index in [1.54, 1.807) is 35.7 Å². The van der Waals surface area contributed by atoms with Gasteiger partial charge >= 0.3 is 5.97 Å². The number of likely N-dealkylation sites (tertiary alicyclic amines) is 3. The number of carbonyl (C=O) groups excluding carboxylic acids is 9. The Balaban J connectivity index is 0.00000333. The number of benzene rings is 1. The van der Waals surface area contributed by atoms with E-state index >= 15 is 4.79 Å². The number of aliphatic hydroxyl groups excluding tert-OH is 2. The van der Waals surface area contributed by atoms with Crippen LogP contribution in [0.1, 0.15) is 113 Å². The molecule has 33 heteroatoms. The number of carbonyl (C=O) groups is 11. The first-order valence-electron chi connectivity index (χ1n) is 31.4. The van der Waals surface area contributed by atoms with Gasteiger partial charge in [0.1, 0.15) is 48.3 Å². The number of hydrogen-bond acceptors (Lipinski definition) is 18. The second-order valence-electron chi connectivity index (χ2n) is 23.9. The average molecular weight is 1320 g/mol. The Morgan fingerprint density at radius 3 is 1.95 bits per heavy atom. The van der Waals surface area contributed by atoms with Crippen LogP contribution in [0, 0.1) is 5.92 Å². The van der Waals surface area contributed by atoms with Gasteiger partial charge in [0, 0.05) is 69.8 Å². The van der Waals surface area contributed by atoms with Gasteiger partial charge in [0.2, 0.25) is 53.2 Å². The Morgan fingerprint density at radius 2 is 1.31 bits per heavy atom. The lowest BCUT2D eigenvalue weighted by molar-refractivity contribution is -0.153. The molecular weight excluding hydrogens is 1230 g/mol. The Bertz CT molecular complexity index is 3020. The molecule has 9 amide bonds. The fourth-order valence-corrected chi connectivity index (χ4v) is 13.5. The van der Waals surface area contributed by atoms with Crippen molar-refractivity contribution in [2.24, 2.45) is 50.3 Å². The van der Waals surface area contributed by atoms with E-state index in [9.17, 15) is 58.5 Å². The molecule has 32 nitrogen and oxygen atoms in total. The highest BCUT2D eigenvalue weighted by molar-refractivity contribution is 7.09. The topological polar surface area (TPSA) is 523 Å². The summed E-state index contributed by atoms with van der Waals surface area (Å²) in [6.45, 7) is -0.209. The highest BCUT2D eigenvalue weighted by Crippen LogP contribution is 2.41. The van der Waals surface area contributed by atoms with Crippen molar-refractivity contribution in [2.75, 3.05) is 45.9 Å². The minimum Gasteiger partial charge on any atom is -0.481 e. The minimum absolute atomic E-state index is 0.00330. The largest absolute Gasteiger partial charge is 0.481 e. The number of aliphatic carboxylic acids is 2. The van der Waals surface area contributed by atoms with Crippen molar-refractivity contribution in [1.29, 1.82) is 0 Å². The normalized spacial score (nSPS) is 22.1. The van der Waals surface area contributed by atoms with Crippen LogP contribution in [0.3, 0.4) is 0 Å². The number of guanidine groups is 2. The number of β-amino-alcohol motifs (C(OH)–C–C–N with tert-alkyl or cyclic N) is 1. The summed E-state index contributed by atoms with van der Waals surface area (Å²) >= 11 is 1.28. The van der Waals surface area contributed by atoms with E-state index < -0.39 is 145 Å². The molecule has 0 unspecified atom stereocenters. The van der Waals surface area contributed by atoms with Crippen LogP contribution in [-0.2, 0) is 72.1 Å². The zero-order valence-electron chi connectivity index (χ0n) is 52.3. The van der Waals surface area contributed by atoms with Crippen molar-refractivity contribution >= 4 is 88.4 Å². The van der Waals surface area contributed by atoms with E-state index in [0.29, 0.717) is 36.2 Å². The van der Waals surface area contributed by atoms with Gasteiger partial charge in [-0.05, 0) is 106 Å². The summed E-state index contributed by atoms with van der Waals surface area (Å²) in [5.74, 6) is -8.89. The number of thiophene rings is 1. The molecule has 3 saturated heterocycles. The number of aliphatic hydroxyl groups is 2. The summed E-state index contributed by atoms with van der Waals surface area (Å²) in [7, 11) is 0. The maximum atomic E-state index is 15.3. The fraction of sp³-hybridized carbons (Fsp3) is 0.617. The molecular formula is C60H91N17O15S. The number of carboxylic acids is 2. The van der Waals surface area contributed by atoms with Gasteiger partial charge in [-0.1, -0.05) is 43.2 Å². The van der Waals surface area contributed by atoms with Gasteiger partial charge in [0.25, 0.3) is 5.97 Å². The second kappa shape index (κ2) is 35.5. The number of nitrogens with one attached hydrogen (secondary N) is 5. The summed E-state index contributed by atoms with van der Waals surface area (Å²) in [6.07, 6.45) is 3.76. The third-order valence-corrected chi connectivity index (χ3v) is 18.1. The molecule has 2 aromatic rings. The molecule has 1 aliphatic carbocycles. The van der Waals surface area contributed by atoms with E-state index in [-0.39, 0.29) is 115 Å². The number of carboxylic acid groups (broad SMARTS) is 2. The Morgan fingerprint density at radius 1 is 0.667 bits per heavy atom. The van der Waals surface area contributed by atoms with Crippen LogP contribution < -0.4 is 61.0 Å². The van der Waals surface area contributed by atoms with Gasteiger partial charge in [0.05, 0.1) is 25.3 Å². The SMILES string of the molecule is CC(=O)O.NCCC[C@@H](N)C(=O)N[C@@H](CCCN=C(N)N)C(=O)N1CCC[C@H]1C(=O)N1C[C@H](O)C[C@H]1C(=O)NCC(=O)N[C@@H](Cc1cccs1)C(=O)N[C@@H](CO)C(=O)N1Cc2ccccc2C[C@@H]1C(=O)N1[C@H](C(=O)N[C@@H](CCCN=C(N)N)C(=O)O)C[C@@H]2CCCC[C@@H]21. The van der Waals surface area contributed by atoms with Crippen molar-refractivity contribution < 1.29 is 73.2 Å². The number of hydrogen-bond donors (Lipinski definition) is 15. The van der Waals surface area contributed by atoms with E-state index in [1.165, 1.54) is 26.0 Å². The van der Waals surface area contributed by atoms with Gasteiger partial charge in [-0.2, -0.15) is 0 Å². The molecule has 0 radical (unpaired) electrons. The number of rotatable bonds is 29. The van der Waals surface area contributed by atoms with E-state index in [2.05, 4.69) is 36.6 Å². The van der Waals surface area contributed by atoms with Crippen molar-refractivity contribution in [3.05, 3.63) is 57.8 Å². The summed E-state index contributed by atoms with van der Waals surface area (Å²) in [4.78, 5) is 164. The van der Waals surface area contributed by atoms with Crippen LogP contribution in [0.25, 0.3) is 0 Å². The summed E-state index contributed by atoms with van der Waals surface area (Å²) < 4.78 is 0. The molecule has 5 aliphatic rings. The molecule has 0 spiro atoms. The Labute approximate surface area is 542 Å². The van der Waals surface area contributed by atoms with Gasteiger partial charge in [0.15, 0.2) is 11.9 Å². The van der Waals surface area contributed by atoms with Crippen LogP contribution >= 0.6 is 11.3 Å². The van der Waals surface area contributed by atoms with E-state index in [0.717, 1.165) is 36.6 Å². The molecule has 512 valence electrons. The molecule has 5 heterocycles. The standard InChI is InChI=1S/C58H87N17O13S.C2H4O2/c59-19-5-14-37(60)48(79)69-38(15-6-20-65-57(61)62)52(83)72-22-8-18-43(72)54(85)74-30-35(77)26-44(74)50(81)67-28-47(78)68-40(27-36-13-9-23-89-36)49(80)71-41(31-76)53(84)73-29-34-12-2-1-10-32(34)24-46(73)55(86)75-42-17-4-3-11-33(42)25-45(75)51(82)70-39(56(87)88)16-7-21-66-58(63)64;1-2(3)4/h1-2,9-10,12-13,23,33,35,37-46,76-77H,3-8,11,14-22,24-31,59-60H2,(H,67,81)(H,68,78)(H,69,79)(H,70,82)(H,71,80)(H,87,88)(H4,61,62,65)(H4,63,64,66);1H3,(H,3,4)/t33-,35+,37+,38-,39-,40-,41-,42-,43-,44-,45-,46+;/m0./s1. The van der Waals surface area contributed by atoms with Gasteiger partial charge in [-0.3, -0.25) is 57.9 Å². The van der Waals surface area contributed by atoms with Crippen LogP contribution in [0.4, 0.5) is 0 Å². The average Bonchev–Trinajstić information content (AvgIpc) is 1.71. The van der Waals surface area contributed by atoms with Crippen LogP contribution in [0.2, 0.25) is 0 Å². The Kier molecular flexibility index (Phi) is 28.1. The van der Waals surface area contributed by atoms with Gasteiger partial charge < -0.3 is 101 Å². The second-order valence-corrected chi connectivity index (χ2v) is 25.0. The lowest BCUT2D eigenvalue weighted by Gasteiger charge is -2.42. The van der Waals surface area contributed by atoms with Crippen molar-refractivity contribution in [1.82, 2.24) is 46.2 Å². The third-order valence-electron chi connectivity index (χ3n) is 17.2. The predicted octanol–water partition coefficient (Wildman–Crippen LogP) is -4.25. The first-order valence-corrected chi connectivity index (χ1v) is 32.3. The quantitative estimate of drug-likeness (QED) is 0.0208. The molecule has 1 aromatic carbocycles. The lowest BCUT2D eigenvalue weighted by atomic mass is 9.84. The molecule has 12 atom stereocenters.